The molecule has 72 valence electrons. The standard InChI is InChI=1S/C9H9Cl2N.ClH/c10-6-1-5(2-7(11)3-6)8-4-9(8)12;/h1-3,8-9H,4,12H2;1H/t8-,9+;/m0./s1. The number of halogens is 3. The second-order valence-corrected chi connectivity index (χ2v) is 4.08. The van der Waals surface area contributed by atoms with Crippen molar-refractivity contribution < 1.29 is 0 Å². The van der Waals surface area contributed by atoms with E-state index in [2.05, 4.69) is 0 Å². The molecule has 1 aromatic rings. The Bertz CT molecular complexity index is 293. The maximum atomic E-state index is 5.84. The van der Waals surface area contributed by atoms with Crippen LogP contribution >= 0.6 is 35.6 Å². The Labute approximate surface area is 93.6 Å². The van der Waals surface area contributed by atoms with Gasteiger partial charge in [0.05, 0.1) is 0 Å². The van der Waals surface area contributed by atoms with Gasteiger partial charge < -0.3 is 5.73 Å². The van der Waals surface area contributed by atoms with Gasteiger partial charge in [-0.15, -0.1) is 12.4 Å². The highest BCUT2D eigenvalue weighted by Crippen LogP contribution is 2.40. The molecule has 1 fully saturated rings. The summed E-state index contributed by atoms with van der Waals surface area (Å²) >= 11 is 11.7. The van der Waals surface area contributed by atoms with Crippen LogP contribution in [0.15, 0.2) is 18.2 Å². The molecule has 0 spiro atoms. The lowest BCUT2D eigenvalue weighted by molar-refractivity contribution is 0.991. The Kier molecular flexibility index (Phi) is 3.47. The van der Waals surface area contributed by atoms with Crippen LogP contribution in [0.25, 0.3) is 0 Å². The van der Waals surface area contributed by atoms with E-state index in [0.29, 0.717) is 22.0 Å². The van der Waals surface area contributed by atoms with Crippen LogP contribution < -0.4 is 5.73 Å². The van der Waals surface area contributed by atoms with Crippen molar-refractivity contribution in [3.8, 4) is 0 Å². The van der Waals surface area contributed by atoms with E-state index in [1.54, 1.807) is 6.07 Å². The Morgan fingerprint density at radius 2 is 1.62 bits per heavy atom. The molecule has 0 saturated heterocycles. The normalized spacial score (nSPS) is 25.2. The lowest BCUT2D eigenvalue weighted by Crippen LogP contribution is -2.00. The average molecular weight is 239 g/mol. The van der Waals surface area contributed by atoms with Crippen LogP contribution in [-0.2, 0) is 0 Å². The first-order chi connectivity index (χ1) is 5.66. The maximum absolute atomic E-state index is 5.84. The molecule has 4 heteroatoms. The number of hydrogen-bond acceptors (Lipinski definition) is 1. The van der Waals surface area contributed by atoms with Gasteiger partial charge in [-0.1, -0.05) is 23.2 Å². The maximum Gasteiger partial charge on any atom is 0.0423 e. The van der Waals surface area contributed by atoms with Crippen molar-refractivity contribution in [3.63, 3.8) is 0 Å². The van der Waals surface area contributed by atoms with Crippen LogP contribution in [0.5, 0.6) is 0 Å². The van der Waals surface area contributed by atoms with E-state index in [1.807, 2.05) is 12.1 Å². The summed E-state index contributed by atoms with van der Waals surface area (Å²) in [4.78, 5) is 0. The molecule has 0 heterocycles. The van der Waals surface area contributed by atoms with Gasteiger partial charge in [0.25, 0.3) is 0 Å². The lowest BCUT2D eigenvalue weighted by atomic mass is 10.1. The van der Waals surface area contributed by atoms with Crippen molar-refractivity contribution in [2.45, 2.75) is 18.4 Å². The van der Waals surface area contributed by atoms with Crippen LogP contribution in [-0.4, -0.2) is 6.04 Å². The van der Waals surface area contributed by atoms with Gasteiger partial charge in [-0.2, -0.15) is 0 Å². The van der Waals surface area contributed by atoms with E-state index in [0.717, 1.165) is 6.42 Å². The molecule has 13 heavy (non-hydrogen) atoms. The highest BCUT2D eigenvalue weighted by atomic mass is 35.5. The fourth-order valence-electron chi connectivity index (χ4n) is 1.39. The lowest BCUT2D eigenvalue weighted by Gasteiger charge is -2.00. The Morgan fingerprint density at radius 3 is 2.00 bits per heavy atom. The minimum Gasteiger partial charge on any atom is -0.327 e. The van der Waals surface area contributed by atoms with Gasteiger partial charge in [0.15, 0.2) is 0 Å². The van der Waals surface area contributed by atoms with Crippen LogP contribution in [0, 0.1) is 0 Å². The highest BCUT2D eigenvalue weighted by molar-refractivity contribution is 6.34. The third-order valence-corrected chi connectivity index (χ3v) is 2.59. The molecular weight excluding hydrogens is 228 g/mol. The van der Waals surface area contributed by atoms with E-state index in [1.165, 1.54) is 5.56 Å². The van der Waals surface area contributed by atoms with Gasteiger partial charge in [0.1, 0.15) is 0 Å². The molecule has 0 radical (unpaired) electrons. The van der Waals surface area contributed by atoms with Gasteiger partial charge >= 0.3 is 0 Å². The van der Waals surface area contributed by atoms with Gasteiger partial charge in [0, 0.05) is 22.0 Å². The summed E-state index contributed by atoms with van der Waals surface area (Å²) in [6.45, 7) is 0. The summed E-state index contributed by atoms with van der Waals surface area (Å²) < 4.78 is 0. The average Bonchev–Trinajstić information content (AvgIpc) is 2.64. The van der Waals surface area contributed by atoms with Crippen molar-refractivity contribution >= 4 is 35.6 Å². The number of hydrogen-bond donors (Lipinski definition) is 1. The van der Waals surface area contributed by atoms with Crippen LogP contribution in [0.3, 0.4) is 0 Å². The van der Waals surface area contributed by atoms with E-state index < -0.39 is 0 Å². The highest BCUT2D eigenvalue weighted by Gasteiger charge is 2.34. The zero-order valence-corrected chi connectivity index (χ0v) is 9.16. The van der Waals surface area contributed by atoms with Crippen LogP contribution in [0.4, 0.5) is 0 Å². The zero-order chi connectivity index (χ0) is 8.72. The van der Waals surface area contributed by atoms with Crippen molar-refractivity contribution in [1.29, 1.82) is 0 Å². The molecular formula is C9H10Cl3N. The quantitative estimate of drug-likeness (QED) is 0.799. The Hall–Kier alpha value is 0.0500. The van der Waals surface area contributed by atoms with E-state index in [4.69, 9.17) is 28.9 Å². The van der Waals surface area contributed by atoms with Crippen LogP contribution in [0.1, 0.15) is 17.9 Å². The first-order valence-electron chi connectivity index (χ1n) is 3.88. The Balaban J connectivity index is 0.000000845. The summed E-state index contributed by atoms with van der Waals surface area (Å²) in [6.07, 6.45) is 1.05. The van der Waals surface area contributed by atoms with Gasteiger partial charge in [-0.3, -0.25) is 0 Å². The van der Waals surface area contributed by atoms with Crippen molar-refractivity contribution in [3.05, 3.63) is 33.8 Å². The molecule has 2 N–H and O–H groups in total. The predicted octanol–water partition coefficient (Wildman–Crippen LogP) is 3.23. The molecule has 1 aliphatic carbocycles. The number of rotatable bonds is 1. The summed E-state index contributed by atoms with van der Waals surface area (Å²) in [5.41, 5.74) is 6.88. The first-order valence-corrected chi connectivity index (χ1v) is 4.64. The van der Waals surface area contributed by atoms with E-state index >= 15 is 0 Å². The summed E-state index contributed by atoms with van der Waals surface area (Å²) in [7, 11) is 0. The fourth-order valence-corrected chi connectivity index (χ4v) is 1.93. The SMILES string of the molecule is Cl.N[C@@H]1C[C@H]1c1cc(Cl)cc(Cl)c1. The monoisotopic (exact) mass is 237 g/mol. The number of nitrogens with two attached hydrogens (primary N) is 1. The van der Waals surface area contributed by atoms with Crippen molar-refractivity contribution in [2.75, 3.05) is 0 Å². The Morgan fingerprint density at radius 1 is 1.15 bits per heavy atom. The fraction of sp³-hybridized carbons (Fsp3) is 0.333. The largest absolute Gasteiger partial charge is 0.327 e. The zero-order valence-electron chi connectivity index (χ0n) is 6.84. The first kappa shape index (κ1) is 11.1. The predicted molar refractivity (Wildman–Crippen MR) is 59.0 cm³/mol. The second kappa shape index (κ2) is 4.05. The van der Waals surface area contributed by atoms with E-state index in [9.17, 15) is 0 Å². The molecule has 1 aliphatic rings. The molecule has 1 saturated carbocycles. The molecule has 2 rings (SSSR count). The smallest absolute Gasteiger partial charge is 0.0423 e. The summed E-state index contributed by atoms with van der Waals surface area (Å²) in [6, 6.07) is 5.91. The molecule has 0 bridgehead atoms. The van der Waals surface area contributed by atoms with Gasteiger partial charge in [0.2, 0.25) is 0 Å². The van der Waals surface area contributed by atoms with Crippen molar-refractivity contribution in [1.82, 2.24) is 0 Å². The number of benzene rings is 1. The third kappa shape index (κ3) is 2.50. The molecule has 0 aromatic heterocycles. The molecule has 1 nitrogen and oxygen atoms in total. The molecule has 1 aromatic carbocycles. The van der Waals surface area contributed by atoms with Crippen LogP contribution in [0.2, 0.25) is 10.0 Å². The summed E-state index contributed by atoms with van der Waals surface area (Å²) in [5, 5.41) is 1.38. The van der Waals surface area contributed by atoms with E-state index in [-0.39, 0.29) is 12.4 Å². The van der Waals surface area contributed by atoms with Gasteiger partial charge in [-0.05, 0) is 30.2 Å². The molecule has 0 amide bonds. The molecule has 2 atom stereocenters. The molecule has 0 aliphatic heterocycles. The minimum atomic E-state index is 0. The topological polar surface area (TPSA) is 26.0 Å². The second-order valence-electron chi connectivity index (χ2n) is 3.21. The summed E-state index contributed by atoms with van der Waals surface area (Å²) in [5.74, 6) is 0.473. The third-order valence-electron chi connectivity index (χ3n) is 2.15. The minimum absolute atomic E-state index is 0. The van der Waals surface area contributed by atoms with Gasteiger partial charge in [-0.25, -0.2) is 0 Å². The van der Waals surface area contributed by atoms with Crippen molar-refractivity contribution in [2.24, 2.45) is 5.73 Å². The molecule has 0 unspecified atom stereocenters.